The van der Waals surface area contributed by atoms with Gasteiger partial charge in [-0.15, -0.1) is 0 Å². The van der Waals surface area contributed by atoms with Gasteiger partial charge in [0.15, 0.2) is 0 Å². The van der Waals surface area contributed by atoms with Crippen LogP contribution in [0.25, 0.3) is 0 Å². The average molecular weight is 395 g/mol. The average Bonchev–Trinajstić information content (AvgIpc) is 2.64. The molecule has 0 radical (unpaired) electrons. The highest BCUT2D eigenvalue weighted by Crippen LogP contribution is 2.00. The Morgan fingerprint density at radius 2 is 0.893 bits per heavy atom. The molecule has 0 atom stereocenters. The van der Waals surface area contributed by atoms with Crippen molar-refractivity contribution in [3.8, 4) is 0 Å². The minimum atomic E-state index is -0.179. The van der Waals surface area contributed by atoms with Crippen LogP contribution >= 0.6 is 0 Å². The second kappa shape index (κ2) is 15.4. The van der Waals surface area contributed by atoms with Crippen LogP contribution in [0.15, 0.2) is 24.3 Å². The number of nitrogens with one attached hydrogen (secondary N) is 4. The molecule has 8 nitrogen and oxygen atoms in total. The maximum absolute atomic E-state index is 11.7. The lowest BCUT2D eigenvalue weighted by Crippen LogP contribution is -2.30. The van der Waals surface area contributed by atoms with Gasteiger partial charge in [0.05, 0.1) is 0 Å². The first-order valence-corrected chi connectivity index (χ1v) is 9.64. The molecular weight excluding hydrogens is 360 g/mol. The molecule has 4 amide bonds. The summed E-state index contributed by atoms with van der Waals surface area (Å²) in [5.41, 5.74) is 0.922. The van der Waals surface area contributed by atoms with E-state index in [0.29, 0.717) is 75.9 Å². The van der Waals surface area contributed by atoms with Crippen LogP contribution in [0.4, 0.5) is 0 Å². The Hall–Kier alpha value is -2.64. The molecule has 0 aliphatic carbocycles. The van der Waals surface area contributed by atoms with Gasteiger partial charge in [-0.05, 0) is 39.5 Å². The summed E-state index contributed by atoms with van der Waals surface area (Å²) in [4.78, 5) is 45.9. The molecule has 0 aliphatic rings. The van der Waals surface area contributed by atoms with Crippen LogP contribution < -0.4 is 21.3 Å². The highest BCUT2D eigenvalue weighted by Gasteiger charge is 2.05. The fourth-order valence-corrected chi connectivity index (χ4v) is 2.09. The third-order valence-corrected chi connectivity index (χ3v) is 3.76. The number of carbonyl (C=O) groups is 4. The lowest BCUT2D eigenvalue weighted by atomic mass is 10.2. The Kier molecular flexibility index (Phi) is 14.0. The minimum absolute atomic E-state index is 0.0557. The van der Waals surface area contributed by atoms with Gasteiger partial charge in [-0.25, -0.2) is 0 Å². The third kappa shape index (κ3) is 14.5. The summed E-state index contributed by atoms with van der Waals surface area (Å²) >= 11 is 0. The van der Waals surface area contributed by atoms with Crippen molar-refractivity contribution in [2.24, 2.45) is 0 Å². The van der Waals surface area contributed by atoms with Gasteiger partial charge < -0.3 is 21.3 Å². The summed E-state index contributed by atoms with van der Waals surface area (Å²) in [6.45, 7) is 12.3. The number of hydrogen-bond acceptors (Lipinski definition) is 4. The zero-order valence-corrected chi connectivity index (χ0v) is 17.1. The molecule has 158 valence electrons. The highest BCUT2D eigenvalue weighted by molar-refractivity contribution is 5.92. The third-order valence-electron chi connectivity index (χ3n) is 3.76. The molecule has 0 spiro atoms. The van der Waals surface area contributed by atoms with Crippen molar-refractivity contribution in [1.29, 1.82) is 0 Å². The van der Waals surface area contributed by atoms with Crippen molar-refractivity contribution < 1.29 is 19.2 Å². The minimum Gasteiger partial charge on any atom is -0.356 e. The van der Waals surface area contributed by atoms with E-state index >= 15 is 0 Å². The molecule has 0 fully saturated rings. The predicted octanol–water partition coefficient (Wildman–Crippen LogP) is 0.944. The van der Waals surface area contributed by atoms with E-state index in [0.717, 1.165) is 0 Å². The zero-order chi connectivity index (χ0) is 21.4. The summed E-state index contributed by atoms with van der Waals surface area (Å²) in [7, 11) is 0. The molecule has 4 N–H and O–H groups in total. The van der Waals surface area contributed by atoms with Gasteiger partial charge in [-0.1, -0.05) is 13.2 Å². The van der Waals surface area contributed by atoms with Crippen molar-refractivity contribution >= 4 is 23.6 Å². The zero-order valence-electron chi connectivity index (χ0n) is 17.1. The predicted molar refractivity (Wildman–Crippen MR) is 109 cm³/mol. The molecule has 0 unspecified atom stereocenters. The van der Waals surface area contributed by atoms with Gasteiger partial charge in [-0.2, -0.15) is 0 Å². The molecule has 0 bridgehead atoms. The van der Waals surface area contributed by atoms with Crippen LogP contribution in [0.3, 0.4) is 0 Å². The van der Waals surface area contributed by atoms with E-state index in [1.54, 1.807) is 13.8 Å². The molecule has 0 aliphatic heterocycles. The molecule has 0 saturated carbocycles. The number of hydrogen-bond donors (Lipinski definition) is 4. The van der Waals surface area contributed by atoms with Crippen molar-refractivity contribution in [3.05, 3.63) is 24.3 Å². The van der Waals surface area contributed by atoms with Crippen molar-refractivity contribution in [2.45, 2.75) is 52.4 Å². The van der Waals surface area contributed by atoms with Gasteiger partial charge in [0.25, 0.3) is 0 Å². The van der Waals surface area contributed by atoms with E-state index in [1.807, 2.05) is 0 Å². The number of unbranched alkanes of at least 4 members (excludes halogenated alkanes) is 1. The second-order valence-corrected chi connectivity index (χ2v) is 6.69. The SMILES string of the molecule is C=C(C)C(=O)NCCCNC(=O)CCCCC(=O)NCCCNC(=O)C(=C)C. The monoisotopic (exact) mass is 394 g/mol. The topological polar surface area (TPSA) is 116 Å². The lowest BCUT2D eigenvalue weighted by molar-refractivity contribution is -0.123. The van der Waals surface area contributed by atoms with Gasteiger partial charge in [0, 0.05) is 50.2 Å². The first kappa shape index (κ1) is 25.4. The smallest absolute Gasteiger partial charge is 0.246 e. The van der Waals surface area contributed by atoms with Crippen molar-refractivity contribution in [2.75, 3.05) is 26.2 Å². The largest absolute Gasteiger partial charge is 0.356 e. The van der Waals surface area contributed by atoms with Crippen LogP contribution in [-0.4, -0.2) is 49.8 Å². The summed E-state index contributed by atoms with van der Waals surface area (Å²) < 4.78 is 0. The Labute approximate surface area is 167 Å². The van der Waals surface area contributed by atoms with Crippen molar-refractivity contribution in [3.63, 3.8) is 0 Å². The maximum atomic E-state index is 11.7. The standard InChI is InChI=1S/C20H34N4O4/c1-15(2)19(27)23-13-7-11-21-17(25)9-5-6-10-18(26)22-12-8-14-24-20(28)16(3)4/h1,3,5-14H2,2,4H3,(H,21,25)(H,22,26)(H,23,27)(H,24,28). The fraction of sp³-hybridized carbons (Fsp3) is 0.600. The number of carbonyl (C=O) groups excluding carboxylic acids is 4. The van der Waals surface area contributed by atoms with Gasteiger partial charge in [0.2, 0.25) is 23.6 Å². The fourth-order valence-electron chi connectivity index (χ4n) is 2.09. The van der Waals surface area contributed by atoms with E-state index in [9.17, 15) is 19.2 Å². The van der Waals surface area contributed by atoms with Gasteiger partial charge in [-0.3, -0.25) is 19.2 Å². The van der Waals surface area contributed by atoms with Gasteiger partial charge >= 0.3 is 0 Å². The van der Waals surface area contributed by atoms with Crippen LogP contribution in [0.1, 0.15) is 52.4 Å². The lowest BCUT2D eigenvalue weighted by Gasteiger charge is -2.08. The highest BCUT2D eigenvalue weighted by atomic mass is 16.2. The maximum Gasteiger partial charge on any atom is 0.246 e. The molecule has 0 aromatic carbocycles. The van der Waals surface area contributed by atoms with E-state index in [1.165, 1.54) is 0 Å². The molecule has 0 rings (SSSR count). The summed E-state index contributed by atoms with van der Waals surface area (Å²) in [5, 5.41) is 11.0. The van der Waals surface area contributed by atoms with Crippen LogP contribution in [0.2, 0.25) is 0 Å². The summed E-state index contributed by atoms with van der Waals surface area (Å²) in [5.74, 6) is -0.470. The van der Waals surface area contributed by atoms with Crippen LogP contribution in [-0.2, 0) is 19.2 Å². The molecule has 0 saturated heterocycles. The Bertz CT molecular complexity index is 523. The quantitative estimate of drug-likeness (QED) is 0.244. The van der Waals surface area contributed by atoms with Crippen LogP contribution in [0, 0.1) is 0 Å². The Balaban J connectivity index is 3.52. The Morgan fingerprint density at radius 1 is 0.571 bits per heavy atom. The number of rotatable bonds is 15. The van der Waals surface area contributed by atoms with Gasteiger partial charge in [0.1, 0.15) is 0 Å². The van der Waals surface area contributed by atoms with E-state index in [-0.39, 0.29) is 23.6 Å². The van der Waals surface area contributed by atoms with Crippen LogP contribution in [0.5, 0.6) is 0 Å². The second-order valence-electron chi connectivity index (χ2n) is 6.69. The first-order chi connectivity index (χ1) is 13.2. The van der Waals surface area contributed by atoms with Crippen molar-refractivity contribution in [1.82, 2.24) is 21.3 Å². The normalized spacial score (nSPS) is 9.93. The summed E-state index contributed by atoms with van der Waals surface area (Å²) in [6.07, 6.45) is 3.33. The first-order valence-electron chi connectivity index (χ1n) is 9.64. The van der Waals surface area contributed by atoms with E-state index in [4.69, 9.17) is 0 Å². The molecule has 0 aromatic heterocycles. The van der Waals surface area contributed by atoms with E-state index < -0.39 is 0 Å². The molecular formula is C20H34N4O4. The number of amides is 4. The molecule has 8 heteroatoms. The Morgan fingerprint density at radius 3 is 1.21 bits per heavy atom. The van der Waals surface area contributed by atoms with E-state index in [2.05, 4.69) is 34.4 Å². The molecule has 0 aromatic rings. The molecule has 0 heterocycles. The summed E-state index contributed by atoms with van der Waals surface area (Å²) in [6, 6.07) is 0. The molecule has 28 heavy (non-hydrogen) atoms.